The predicted molar refractivity (Wildman–Crippen MR) is 110 cm³/mol. The quantitative estimate of drug-likeness (QED) is 0.369. The van der Waals surface area contributed by atoms with Crippen molar-refractivity contribution in [2.75, 3.05) is 5.75 Å². The number of aromatic nitrogens is 3. The van der Waals surface area contributed by atoms with Gasteiger partial charge < -0.3 is 4.42 Å². The maximum absolute atomic E-state index is 5.69. The lowest BCUT2D eigenvalue weighted by Crippen LogP contribution is -1.79. The number of thioether (sulfide) groups is 2. The molecule has 0 fully saturated rings. The van der Waals surface area contributed by atoms with E-state index in [1.54, 1.807) is 23.1 Å². The van der Waals surface area contributed by atoms with Crippen LogP contribution in [0.4, 0.5) is 0 Å². The van der Waals surface area contributed by atoms with Gasteiger partial charge in [0.1, 0.15) is 0 Å². The second kappa shape index (κ2) is 8.53. The minimum atomic E-state index is 0.600. The summed E-state index contributed by atoms with van der Waals surface area (Å²) in [6, 6.07) is 18.4. The minimum absolute atomic E-state index is 0.600. The van der Waals surface area contributed by atoms with Crippen molar-refractivity contribution in [2.24, 2.45) is 0 Å². The molecule has 26 heavy (non-hydrogen) atoms. The molecule has 0 radical (unpaired) electrons. The van der Waals surface area contributed by atoms with Gasteiger partial charge in [0.2, 0.25) is 5.89 Å². The zero-order valence-corrected chi connectivity index (χ0v) is 16.2. The monoisotopic (exact) mass is 397 g/mol. The van der Waals surface area contributed by atoms with Crippen molar-refractivity contribution in [1.29, 1.82) is 0 Å². The van der Waals surface area contributed by atoms with Gasteiger partial charge in [-0.15, -0.1) is 21.5 Å². The summed E-state index contributed by atoms with van der Waals surface area (Å²) in [5.74, 6) is 2.05. The van der Waals surface area contributed by atoms with Crippen LogP contribution in [-0.4, -0.2) is 20.9 Å². The lowest BCUT2D eigenvalue weighted by molar-refractivity contribution is 0.427. The molecule has 0 amide bonds. The lowest BCUT2D eigenvalue weighted by Gasteiger charge is -1.92. The topological polar surface area (TPSA) is 51.8 Å². The van der Waals surface area contributed by atoms with Crippen LogP contribution < -0.4 is 0 Å². The highest BCUT2D eigenvalue weighted by Crippen LogP contribution is 2.31. The zero-order valence-electron chi connectivity index (χ0n) is 13.7. The molecule has 0 aliphatic rings. The molecule has 0 bridgehead atoms. The van der Waals surface area contributed by atoms with Gasteiger partial charge in [0.15, 0.2) is 4.34 Å². The van der Waals surface area contributed by atoms with E-state index in [0.717, 1.165) is 15.6 Å². The average Bonchev–Trinajstić information content (AvgIpc) is 3.30. The molecule has 0 aliphatic heterocycles. The number of nitrogens with zero attached hydrogens (tertiary/aromatic N) is 3. The molecule has 7 heteroatoms. The van der Waals surface area contributed by atoms with Crippen molar-refractivity contribution in [2.45, 2.75) is 15.3 Å². The summed E-state index contributed by atoms with van der Waals surface area (Å²) in [5.41, 5.74) is 2.22. The molecule has 0 aliphatic carbocycles. The highest BCUT2D eigenvalue weighted by Gasteiger charge is 2.09. The number of para-hydroxylation sites is 1. The Balaban J connectivity index is 1.28. The first-order valence-corrected chi connectivity index (χ1v) is 10.8. The number of fused-ring (bicyclic) bond motifs is 1. The van der Waals surface area contributed by atoms with Gasteiger partial charge in [-0.3, -0.25) is 0 Å². The Hall–Kier alpha value is -2.09. The van der Waals surface area contributed by atoms with E-state index < -0.39 is 0 Å². The Morgan fingerprint density at radius 2 is 1.81 bits per heavy atom. The van der Waals surface area contributed by atoms with Crippen LogP contribution in [0.2, 0.25) is 0 Å². The summed E-state index contributed by atoms with van der Waals surface area (Å²) in [6.45, 7) is 0. The predicted octanol–water partition coefficient (Wildman–Crippen LogP) is 5.78. The van der Waals surface area contributed by atoms with Gasteiger partial charge in [-0.1, -0.05) is 78.1 Å². The molecule has 2 heterocycles. The molecule has 4 nitrogen and oxygen atoms in total. The lowest BCUT2D eigenvalue weighted by atomic mass is 10.2. The fourth-order valence-corrected chi connectivity index (χ4v) is 4.75. The Kier molecular flexibility index (Phi) is 5.68. The largest absolute Gasteiger partial charge is 0.415 e. The van der Waals surface area contributed by atoms with Crippen LogP contribution in [0.5, 0.6) is 0 Å². The summed E-state index contributed by atoms with van der Waals surface area (Å²) in [6.07, 6.45) is 4.19. The minimum Gasteiger partial charge on any atom is -0.415 e. The summed E-state index contributed by atoms with van der Waals surface area (Å²) in [4.78, 5) is 4.60. The first kappa shape index (κ1) is 17.3. The van der Waals surface area contributed by atoms with Gasteiger partial charge in [0, 0.05) is 5.75 Å². The molecule has 130 valence electrons. The van der Waals surface area contributed by atoms with E-state index in [2.05, 4.69) is 45.5 Å². The first-order valence-electron chi connectivity index (χ1n) is 8.02. The number of hydrogen-bond acceptors (Lipinski definition) is 7. The second-order valence-electron chi connectivity index (χ2n) is 5.32. The summed E-state index contributed by atoms with van der Waals surface area (Å²) in [5, 5.41) is 8.81. The summed E-state index contributed by atoms with van der Waals surface area (Å²) in [7, 11) is 0. The van der Waals surface area contributed by atoms with E-state index >= 15 is 0 Å². The van der Waals surface area contributed by atoms with Gasteiger partial charge >= 0.3 is 0 Å². The highest BCUT2D eigenvalue weighted by atomic mass is 32.2. The van der Waals surface area contributed by atoms with Crippen LogP contribution in [0.3, 0.4) is 0 Å². The maximum Gasteiger partial charge on any atom is 0.276 e. The van der Waals surface area contributed by atoms with Crippen molar-refractivity contribution in [3.05, 3.63) is 72.1 Å². The first-order chi connectivity index (χ1) is 12.9. The third-order valence-corrected chi connectivity index (χ3v) is 6.39. The third-order valence-electron chi connectivity index (χ3n) is 3.45. The van der Waals surface area contributed by atoms with Crippen LogP contribution in [0.1, 0.15) is 11.5 Å². The molecule has 0 unspecified atom stereocenters. The smallest absolute Gasteiger partial charge is 0.276 e. The van der Waals surface area contributed by atoms with E-state index in [0.29, 0.717) is 16.9 Å². The number of hydrogen-bond donors (Lipinski definition) is 0. The van der Waals surface area contributed by atoms with E-state index in [9.17, 15) is 0 Å². The van der Waals surface area contributed by atoms with Gasteiger partial charge in [-0.2, -0.15) is 0 Å². The Morgan fingerprint density at radius 3 is 2.69 bits per heavy atom. The number of rotatable bonds is 7. The molecule has 4 rings (SSSR count). The van der Waals surface area contributed by atoms with Crippen molar-refractivity contribution in [1.82, 2.24) is 15.2 Å². The van der Waals surface area contributed by atoms with Crippen molar-refractivity contribution < 1.29 is 4.42 Å². The zero-order chi connectivity index (χ0) is 17.6. The van der Waals surface area contributed by atoms with Crippen LogP contribution in [0.25, 0.3) is 16.3 Å². The number of benzene rings is 2. The van der Waals surface area contributed by atoms with Gasteiger partial charge in [0.25, 0.3) is 5.22 Å². The van der Waals surface area contributed by atoms with E-state index in [1.165, 1.54) is 22.0 Å². The standard InChI is InChI=1S/C19H15N3OS3/c1-2-7-14(8-3-1)9-6-12-24-18-22-21-17(23-18)13-25-19-20-15-10-4-5-11-16(15)26-19/h1-11H,12-13H2/b9-6+. The highest BCUT2D eigenvalue weighted by molar-refractivity contribution is 8.00. The third kappa shape index (κ3) is 4.55. The van der Waals surface area contributed by atoms with Gasteiger partial charge in [0.05, 0.1) is 16.0 Å². The number of thiazole rings is 1. The van der Waals surface area contributed by atoms with E-state index in [-0.39, 0.29) is 0 Å². The molecule has 4 aromatic rings. The molecular formula is C19H15N3OS3. The van der Waals surface area contributed by atoms with Crippen LogP contribution in [0.15, 0.2) is 74.7 Å². The molecule has 0 N–H and O–H groups in total. The Morgan fingerprint density at radius 1 is 0.962 bits per heavy atom. The van der Waals surface area contributed by atoms with Crippen LogP contribution >= 0.6 is 34.9 Å². The SMILES string of the molecule is C(=C\c1ccccc1)/CSc1nnc(CSc2nc3ccccc3s2)o1. The Bertz CT molecular complexity index is 978. The van der Waals surface area contributed by atoms with Gasteiger partial charge in [-0.25, -0.2) is 4.98 Å². The van der Waals surface area contributed by atoms with Crippen LogP contribution in [0, 0.1) is 0 Å². The molecule has 0 spiro atoms. The maximum atomic E-state index is 5.69. The van der Waals surface area contributed by atoms with Crippen LogP contribution in [-0.2, 0) is 5.75 Å². The van der Waals surface area contributed by atoms with E-state index in [4.69, 9.17) is 4.42 Å². The van der Waals surface area contributed by atoms with E-state index in [1.807, 2.05) is 36.4 Å². The fourth-order valence-electron chi connectivity index (χ4n) is 2.26. The molecule has 0 saturated heterocycles. The Labute approximate surface area is 163 Å². The fraction of sp³-hybridized carbons (Fsp3) is 0.105. The molecule has 2 aromatic heterocycles. The van der Waals surface area contributed by atoms with Gasteiger partial charge in [-0.05, 0) is 17.7 Å². The normalized spacial score (nSPS) is 11.5. The van der Waals surface area contributed by atoms with Crippen molar-refractivity contribution in [3.63, 3.8) is 0 Å². The molecule has 2 aromatic carbocycles. The summed E-state index contributed by atoms with van der Waals surface area (Å²) < 4.78 is 7.91. The van der Waals surface area contributed by atoms with Crippen molar-refractivity contribution >= 4 is 51.2 Å². The molecule has 0 atom stereocenters. The molecule has 0 saturated carbocycles. The summed E-state index contributed by atoms with van der Waals surface area (Å²) >= 11 is 4.85. The molecular weight excluding hydrogens is 382 g/mol. The average molecular weight is 398 g/mol. The second-order valence-corrected chi connectivity index (χ2v) is 8.55. The van der Waals surface area contributed by atoms with Crippen molar-refractivity contribution in [3.8, 4) is 0 Å².